The third-order valence-corrected chi connectivity index (χ3v) is 3.97. The van der Waals surface area contributed by atoms with Gasteiger partial charge in [0, 0.05) is 37.3 Å². The van der Waals surface area contributed by atoms with E-state index in [2.05, 4.69) is 26.8 Å². The van der Waals surface area contributed by atoms with Crippen LogP contribution in [0.5, 0.6) is 0 Å². The second kappa shape index (κ2) is 6.69. The highest BCUT2D eigenvalue weighted by molar-refractivity contribution is 8.14. The van der Waals surface area contributed by atoms with E-state index < -0.39 is 0 Å². The van der Waals surface area contributed by atoms with Gasteiger partial charge in [-0.3, -0.25) is 4.99 Å². The highest BCUT2D eigenvalue weighted by Gasteiger charge is 2.17. The van der Waals surface area contributed by atoms with Crippen LogP contribution < -0.4 is 5.32 Å². The largest absolute Gasteiger partial charge is 0.361 e. The lowest BCUT2D eigenvalue weighted by Crippen LogP contribution is -2.25. The Kier molecular flexibility index (Phi) is 4.91. The summed E-state index contributed by atoms with van der Waals surface area (Å²) in [5.41, 5.74) is 0. The Bertz CT molecular complexity index is 347. The average molecular weight is 252 g/mol. The van der Waals surface area contributed by atoms with Crippen LogP contribution in [0.25, 0.3) is 0 Å². The van der Waals surface area contributed by atoms with E-state index in [-0.39, 0.29) is 0 Å². The fourth-order valence-corrected chi connectivity index (χ4v) is 2.87. The Balaban J connectivity index is 1.58. The first-order valence-corrected chi connectivity index (χ1v) is 7.26. The highest BCUT2D eigenvalue weighted by atomic mass is 32.2. The molecule has 0 amide bonds. The summed E-state index contributed by atoms with van der Waals surface area (Å²) in [6, 6.07) is 0.629. The lowest BCUT2D eigenvalue weighted by atomic mass is 10.3. The molecule has 0 aliphatic carbocycles. The van der Waals surface area contributed by atoms with Gasteiger partial charge in [0.1, 0.15) is 0 Å². The van der Waals surface area contributed by atoms with Crippen LogP contribution in [-0.2, 0) is 6.54 Å². The van der Waals surface area contributed by atoms with Gasteiger partial charge < -0.3 is 9.88 Å². The first-order chi connectivity index (χ1) is 8.38. The molecular formula is C12H20N4S. The molecule has 1 saturated heterocycles. The van der Waals surface area contributed by atoms with Gasteiger partial charge in [0.15, 0.2) is 5.17 Å². The Morgan fingerprint density at radius 1 is 1.59 bits per heavy atom. The number of nitrogens with one attached hydrogen (secondary N) is 1. The summed E-state index contributed by atoms with van der Waals surface area (Å²) in [6.45, 7) is 4.19. The maximum atomic E-state index is 4.58. The second-order valence-electron chi connectivity index (χ2n) is 4.26. The Labute approximate surface area is 107 Å². The molecule has 17 heavy (non-hydrogen) atoms. The molecule has 2 heterocycles. The second-order valence-corrected chi connectivity index (χ2v) is 5.26. The molecule has 94 valence electrons. The first-order valence-electron chi connectivity index (χ1n) is 6.28. The number of imidazole rings is 1. The van der Waals surface area contributed by atoms with Crippen LogP contribution in [0.2, 0.25) is 0 Å². The Morgan fingerprint density at radius 2 is 2.53 bits per heavy atom. The van der Waals surface area contributed by atoms with Crippen molar-refractivity contribution in [2.75, 3.05) is 12.3 Å². The topological polar surface area (TPSA) is 42.2 Å². The molecule has 1 N–H and O–H groups in total. The fraction of sp³-hybridized carbons (Fsp3) is 0.667. The summed E-state index contributed by atoms with van der Waals surface area (Å²) >= 11 is 1.85. The molecule has 1 fully saturated rings. The maximum Gasteiger partial charge on any atom is 0.156 e. The SMILES string of the molecule is CCC1CSC(=NCCCCn2ccnc2)N1. The molecule has 1 aliphatic heterocycles. The van der Waals surface area contributed by atoms with E-state index in [1.807, 2.05) is 30.5 Å². The molecule has 5 heteroatoms. The summed E-state index contributed by atoms with van der Waals surface area (Å²) in [6.07, 6.45) is 9.19. The summed E-state index contributed by atoms with van der Waals surface area (Å²) in [5.74, 6) is 1.17. The summed E-state index contributed by atoms with van der Waals surface area (Å²) in [7, 11) is 0. The minimum atomic E-state index is 0.629. The Hall–Kier alpha value is -0.970. The van der Waals surface area contributed by atoms with Gasteiger partial charge in [0.25, 0.3) is 0 Å². The fourth-order valence-electron chi connectivity index (χ4n) is 1.75. The normalized spacial score (nSPS) is 21.9. The van der Waals surface area contributed by atoms with Crippen LogP contribution in [0.3, 0.4) is 0 Å². The molecular weight excluding hydrogens is 232 g/mol. The van der Waals surface area contributed by atoms with Crippen molar-refractivity contribution in [2.24, 2.45) is 4.99 Å². The number of aromatic nitrogens is 2. The number of thioether (sulfide) groups is 1. The zero-order chi connectivity index (χ0) is 11.9. The van der Waals surface area contributed by atoms with E-state index in [0.717, 1.165) is 31.1 Å². The molecule has 0 bridgehead atoms. The number of rotatable bonds is 6. The van der Waals surface area contributed by atoms with Gasteiger partial charge in [0.05, 0.1) is 6.33 Å². The summed E-state index contributed by atoms with van der Waals surface area (Å²) in [4.78, 5) is 8.61. The van der Waals surface area contributed by atoms with Crippen LogP contribution >= 0.6 is 11.8 Å². The van der Waals surface area contributed by atoms with Gasteiger partial charge in [-0.05, 0) is 19.3 Å². The molecule has 0 aromatic carbocycles. The van der Waals surface area contributed by atoms with Crippen molar-refractivity contribution in [2.45, 2.75) is 38.8 Å². The van der Waals surface area contributed by atoms with Crippen LogP contribution in [0.15, 0.2) is 23.7 Å². The molecule has 0 spiro atoms. The molecule has 1 aliphatic rings. The standard InChI is InChI=1S/C12H20N4S/c1-2-11-9-17-12(15-11)14-5-3-4-7-16-8-6-13-10-16/h6,8,10-11H,2-5,7,9H2,1H3,(H,14,15). The van der Waals surface area contributed by atoms with Gasteiger partial charge in [-0.2, -0.15) is 0 Å². The number of unbranched alkanes of at least 4 members (excludes halogenated alkanes) is 1. The smallest absolute Gasteiger partial charge is 0.156 e. The third-order valence-electron chi connectivity index (χ3n) is 2.88. The van der Waals surface area contributed by atoms with E-state index in [1.165, 1.54) is 12.2 Å². The molecule has 1 aromatic heterocycles. The van der Waals surface area contributed by atoms with Gasteiger partial charge in [-0.15, -0.1) is 0 Å². The van der Waals surface area contributed by atoms with E-state index in [4.69, 9.17) is 0 Å². The summed E-state index contributed by atoms with van der Waals surface area (Å²) < 4.78 is 2.11. The van der Waals surface area contributed by atoms with Crippen molar-refractivity contribution < 1.29 is 0 Å². The van der Waals surface area contributed by atoms with E-state index in [1.54, 1.807) is 0 Å². The molecule has 1 aromatic rings. The van der Waals surface area contributed by atoms with Crippen molar-refractivity contribution in [3.05, 3.63) is 18.7 Å². The molecule has 1 atom stereocenters. The molecule has 2 rings (SSSR count). The van der Waals surface area contributed by atoms with E-state index in [9.17, 15) is 0 Å². The van der Waals surface area contributed by atoms with Gasteiger partial charge in [-0.25, -0.2) is 4.98 Å². The molecule has 0 radical (unpaired) electrons. The van der Waals surface area contributed by atoms with Crippen LogP contribution in [0.4, 0.5) is 0 Å². The minimum absolute atomic E-state index is 0.629. The number of aryl methyl sites for hydroxylation is 1. The van der Waals surface area contributed by atoms with Crippen molar-refractivity contribution >= 4 is 16.9 Å². The highest BCUT2D eigenvalue weighted by Crippen LogP contribution is 2.15. The number of hydrogen-bond donors (Lipinski definition) is 1. The van der Waals surface area contributed by atoms with Crippen LogP contribution in [0, 0.1) is 0 Å². The predicted octanol–water partition coefficient (Wildman–Crippen LogP) is 2.13. The summed E-state index contributed by atoms with van der Waals surface area (Å²) in [5, 5.41) is 4.58. The predicted molar refractivity (Wildman–Crippen MR) is 73.4 cm³/mol. The van der Waals surface area contributed by atoms with Crippen molar-refractivity contribution in [1.29, 1.82) is 0 Å². The number of amidine groups is 1. The van der Waals surface area contributed by atoms with E-state index >= 15 is 0 Å². The number of nitrogens with zero attached hydrogens (tertiary/aromatic N) is 3. The van der Waals surface area contributed by atoms with Crippen LogP contribution in [0.1, 0.15) is 26.2 Å². The minimum Gasteiger partial charge on any atom is -0.361 e. The lowest BCUT2D eigenvalue weighted by molar-refractivity contribution is 0.613. The average Bonchev–Trinajstić information content (AvgIpc) is 2.99. The lowest BCUT2D eigenvalue weighted by Gasteiger charge is -2.04. The quantitative estimate of drug-likeness (QED) is 0.789. The monoisotopic (exact) mass is 252 g/mol. The van der Waals surface area contributed by atoms with Crippen molar-refractivity contribution in [3.63, 3.8) is 0 Å². The number of hydrogen-bond acceptors (Lipinski definition) is 3. The van der Waals surface area contributed by atoms with Gasteiger partial charge in [-0.1, -0.05) is 18.7 Å². The molecule has 1 unspecified atom stereocenters. The van der Waals surface area contributed by atoms with E-state index in [0.29, 0.717) is 6.04 Å². The first kappa shape index (κ1) is 12.5. The van der Waals surface area contributed by atoms with Crippen molar-refractivity contribution in [1.82, 2.24) is 14.9 Å². The number of aliphatic imine (C=N–C) groups is 1. The van der Waals surface area contributed by atoms with Gasteiger partial charge in [0.2, 0.25) is 0 Å². The third kappa shape index (κ3) is 4.07. The zero-order valence-electron chi connectivity index (χ0n) is 10.3. The Morgan fingerprint density at radius 3 is 3.24 bits per heavy atom. The van der Waals surface area contributed by atoms with Crippen molar-refractivity contribution in [3.8, 4) is 0 Å². The molecule has 0 saturated carbocycles. The molecule has 4 nitrogen and oxygen atoms in total. The maximum absolute atomic E-state index is 4.58. The van der Waals surface area contributed by atoms with Gasteiger partial charge >= 0.3 is 0 Å². The van der Waals surface area contributed by atoms with Crippen LogP contribution in [-0.4, -0.2) is 33.1 Å². The zero-order valence-corrected chi connectivity index (χ0v) is 11.1.